The molecule has 0 bridgehead atoms. The summed E-state index contributed by atoms with van der Waals surface area (Å²) in [5.74, 6) is 1.00. The first kappa shape index (κ1) is 11.9. The molecule has 15 heavy (non-hydrogen) atoms. The van der Waals surface area contributed by atoms with Crippen LogP contribution in [-0.4, -0.2) is 38.3 Å². The summed E-state index contributed by atoms with van der Waals surface area (Å²) in [6.45, 7) is 5.00. The monoisotopic (exact) mass is 209 g/mol. The lowest BCUT2D eigenvalue weighted by Crippen LogP contribution is -2.33. The lowest BCUT2D eigenvalue weighted by Gasteiger charge is -2.24. The molecule has 0 aliphatic rings. The first-order valence-corrected chi connectivity index (χ1v) is 5.15. The van der Waals surface area contributed by atoms with Crippen LogP contribution in [0.4, 0.5) is 5.82 Å². The molecule has 0 unspecified atom stereocenters. The number of aryl methyl sites for hydroxylation is 1. The second-order valence-corrected chi connectivity index (χ2v) is 3.41. The van der Waals surface area contributed by atoms with E-state index in [1.54, 1.807) is 13.3 Å². The second kappa shape index (κ2) is 6.37. The average Bonchev–Trinajstić information content (AvgIpc) is 2.25. The highest BCUT2D eigenvalue weighted by Gasteiger charge is 2.08. The molecule has 0 saturated carbocycles. The molecule has 0 saturated heterocycles. The van der Waals surface area contributed by atoms with Gasteiger partial charge in [-0.25, -0.2) is 4.98 Å². The maximum absolute atomic E-state index is 5.58. The zero-order valence-corrected chi connectivity index (χ0v) is 9.44. The Hall–Kier alpha value is -1.13. The standard InChI is InChI=1S/C11H19N3O/c1-10-4-3-6-13-11(10)14(7-5-12)8-9-15-2/h3-4,6H,5,7-9,12H2,1-2H3. The lowest BCUT2D eigenvalue weighted by atomic mass is 10.2. The fraction of sp³-hybridized carbons (Fsp3) is 0.545. The third-order valence-electron chi connectivity index (χ3n) is 2.25. The summed E-state index contributed by atoms with van der Waals surface area (Å²) >= 11 is 0. The van der Waals surface area contributed by atoms with E-state index >= 15 is 0 Å². The van der Waals surface area contributed by atoms with Crippen LogP contribution < -0.4 is 10.6 Å². The molecular formula is C11H19N3O. The Bertz CT molecular complexity index is 291. The summed E-state index contributed by atoms with van der Waals surface area (Å²) in [4.78, 5) is 6.52. The quantitative estimate of drug-likeness (QED) is 0.753. The van der Waals surface area contributed by atoms with Gasteiger partial charge in [0.05, 0.1) is 6.61 Å². The van der Waals surface area contributed by atoms with Crippen molar-refractivity contribution in [1.82, 2.24) is 4.98 Å². The Kier molecular flexibility index (Phi) is 5.07. The molecule has 84 valence electrons. The minimum atomic E-state index is 0.625. The maximum Gasteiger partial charge on any atom is 0.131 e. The van der Waals surface area contributed by atoms with Crippen molar-refractivity contribution < 1.29 is 4.74 Å². The number of nitrogens with zero attached hydrogens (tertiary/aromatic N) is 2. The van der Waals surface area contributed by atoms with Gasteiger partial charge in [0, 0.05) is 32.9 Å². The van der Waals surface area contributed by atoms with E-state index in [9.17, 15) is 0 Å². The number of hydrogen-bond donors (Lipinski definition) is 1. The summed E-state index contributed by atoms with van der Waals surface area (Å²) in [6, 6.07) is 3.99. The molecule has 0 spiro atoms. The number of rotatable bonds is 6. The first-order valence-electron chi connectivity index (χ1n) is 5.15. The van der Waals surface area contributed by atoms with E-state index in [-0.39, 0.29) is 0 Å². The van der Waals surface area contributed by atoms with E-state index in [1.165, 1.54) is 5.56 Å². The minimum absolute atomic E-state index is 0.625. The molecule has 2 N–H and O–H groups in total. The SMILES string of the molecule is COCCN(CCN)c1ncccc1C. The van der Waals surface area contributed by atoms with E-state index in [0.717, 1.165) is 18.9 Å². The van der Waals surface area contributed by atoms with Crippen molar-refractivity contribution in [3.63, 3.8) is 0 Å². The molecule has 4 nitrogen and oxygen atoms in total. The molecule has 4 heteroatoms. The van der Waals surface area contributed by atoms with Crippen molar-refractivity contribution in [2.24, 2.45) is 5.73 Å². The van der Waals surface area contributed by atoms with Crippen molar-refractivity contribution in [1.29, 1.82) is 0 Å². The molecule has 1 aromatic rings. The van der Waals surface area contributed by atoms with Crippen LogP contribution in [0.25, 0.3) is 0 Å². The summed E-state index contributed by atoms with van der Waals surface area (Å²) in [7, 11) is 1.70. The predicted octanol–water partition coefficient (Wildman–Crippen LogP) is 0.802. The van der Waals surface area contributed by atoms with Gasteiger partial charge in [0.25, 0.3) is 0 Å². The summed E-state index contributed by atoms with van der Waals surface area (Å²) in [5.41, 5.74) is 6.75. The largest absolute Gasteiger partial charge is 0.383 e. The molecule has 0 radical (unpaired) electrons. The van der Waals surface area contributed by atoms with Crippen LogP contribution in [0.5, 0.6) is 0 Å². The van der Waals surface area contributed by atoms with E-state index < -0.39 is 0 Å². The summed E-state index contributed by atoms with van der Waals surface area (Å²) in [5, 5.41) is 0. The fourth-order valence-corrected chi connectivity index (χ4v) is 1.49. The molecule has 1 aromatic heterocycles. The third-order valence-corrected chi connectivity index (χ3v) is 2.25. The van der Waals surface area contributed by atoms with Crippen LogP contribution in [0.2, 0.25) is 0 Å². The van der Waals surface area contributed by atoms with Crippen molar-refractivity contribution in [2.75, 3.05) is 38.3 Å². The highest BCUT2D eigenvalue weighted by atomic mass is 16.5. The van der Waals surface area contributed by atoms with E-state index in [4.69, 9.17) is 10.5 Å². The van der Waals surface area contributed by atoms with Gasteiger partial charge in [-0.2, -0.15) is 0 Å². The maximum atomic E-state index is 5.58. The Labute approximate surface area is 91.1 Å². The van der Waals surface area contributed by atoms with Crippen molar-refractivity contribution >= 4 is 5.82 Å². The zero-order valence-electron chi connectivity index (χ0n) is 9.44. The van der Waals surface area contributed by atoms with Gasteiger partial charge < -0.3 is 15.4 Å². The highest BCUT2D eigenvalue weighted by molar-refractivity contribution is 5.45. The van der Waals surface area contributed by atoms with Gasteiger partial charge in [-0.05, 0) is 18.6 Å². The number of ether oxygens (including phenoxy) is 1. The molecule has 1 rings (SSSR count). The predicted molar refractivity (Wildman–Crippen MR) is 62.1 cm³/mol. The van der Waals surface area contributed by atoms with Crippen LogP contribution in [0.1, 0.15) is 5.56 Å². The molecule has 0 aromatic carbocycles. The summed E-state index contributed by atoms with van der Waals surface area (Å²) < 4.78 is 5.07. The number of hydrogen-bond acceptors (Lipinski definition) is 4. The number of anilines is 1. The van der Waals surface area contributed by atoms with Gasteiger partial charge in [-0.1, -0.05) is 6.07 Å². The minimum Gasteiger partial charge on any atom is -0.383 e. The van der Waals surface area contributed by atoms with Gasteiger partial charge in [-0.3, -0.25) is 0 Å². The normalized spacial score (nSPS) is 10.3. The Morgan fingerprint density at radius 2 is 2.27 bits per heavy atom. The first-order chi connectivity index (χ1) is 7.29. The Morgan fingerprint density at radius 1 is 1.47 bits per heavy atom. The van der Waals surface area contributed by atoms with E-state index in [1.807, 2.05) is 6.07 Å². The summed E-state index contributed by atoms with van der Waals surface area (Å²) in [6.07, 6.45) is 1.80. The molecule has 0 fully saturated rings. The number of aromatic nitrogens is 1. The molecule has 0 atom stereocenters. The van der Waals surface area contributed by atoms with Crippen molar-refractivity contribution in [3.8, 4) is 0 Å². The van der Waals surface area contributed by atoms with Gasteiger partial charge >= 0.3 is 0 Å². The van der Waals surface area contributed by atoms with E-state index in [2.05, 4.69) is 22.9 Å². The highest BCUT2D eigenvalue weighted by Crippen LogP contribution is 2.14. The molecule has 0 amide bonds. The Balaban J connectivity index is 2.74. The lowest BCUT2D eigenvalue weighted by molar-refractivity contribution is 0.205. The van der Waals surface area contributed by atoms with Crippen LogP contribution in [0.15, 0.2) is 18.3 Å². The van der Waals surface area contributed by atoms with Gasteiger partial charge in [0.1, 0.15) is 5.82 Å². The number of pyridine rings is 1. The van der Waals surface area contributed by atoms with Gasteiger partial charge in [-0.15, -0.1) is 0 Å². The van der Waals surface area contributed by atoms with Crippen LogP contribution in [-0.2, 0) is 4.74 Å². The smallest absolute Gasteiger partial charge is 0.131 e. The van der Waals surface area contributed by atoms with Gasteiger partial charge in [0.15, 0.2) is 0 Å². The molecule has 0 aliphatic heterocycles. The van der Waals surface area contributed by atoms with Crippen LogP contribution >= 0.6 is 0 Å². The average molecular weight is 209 g/mol. The number of methoxy groups -OCH3 is 1. The fourth-order valence-electron chi connectivity index (χ4n) is 1.49. The Morgan fingerprint density at radius 3 is 2.87 bits per heavy atom. The molecule has 1 heterocycles. The van der Waals surface area contributed by atoms with Crippen LogP contribution in [0.3, 0.4) is 0 Å². The zero-order chi connectivity index (χ0) is 11.1. The topological polar surface area (TPSA) is 51.4 Å². The van der Waals surface area contributed by atoms with Crippen molar-refractivity contribution in [2.45, 2.75) is 6.92 Å². The third kappa shape index (κ3) is 3.49. The second-order valence-electron chi connectivity index (χ2n) is 3.41. The molecule has 0 aliphatic carbocycles. The number of nitrogens with two attached hydrogens (primary N) is 1. The van der Waals surface area contributed by atoms with E-state index in [0.29, 0.717) is 13.2 Å². The van der Waals surface area contributed by atoms with Gasteiger partial charge in [0.2, 0.25) is 0 Å². The van der Waals surface area contributed by atoms with Crippen LogP contribution in [0, 0.1) is 6.92 Å². The molecular weight excluding hydrogens is 190 g/mol. The van der Waals surface area contributed by atoms with Crippen molar-refractivity contribution in [3.05, 3.63) is 23.9 Å².